The molecule has 4 rings (SSSR count). The number of hydrogen-bond donors (Lipinski definition) is 3. The van der Waals surface area contributed by atoms with Gasteiger partial charge in [-0.2, -0.15) is 0 Å². The average Bonchev–Trinajstić information content (AvgIpc) is 3.04. The number of benzene rings is 1. The monoisotopic (exact) mass is 434 g/mol. The number of aliphatic hydroxyl groups is 1. The third-order valence-electron chi connectivity index (χ3n) is 5.82. The molecule has 0 saturated heterocycles. The lowest BCUT2D eigenvalue weighted by atomic mass is 9.91. The number of carbonyl (C=O) groups is 2. The first-order chi connectivity index (χ1) is 15.3. The van der Waals surface area contributed by atoms with Gasteiger partial charge < -0.3 is 25.1 Å². The predicted molar refractivity (Wildman–Crippen MR) is 123 cm³/mol. The summed E-state index contributed by atoms with van der Waals surface area (Å²) in [6.07, 6.45) is 4.74. The number of amides is 2. The Morgan fingerprint density at radius 1 is 1.38 bits per heavy atom. The van der Waals surface area contributed by atoms with Crippen molar-refractivity contribution in [3.05, 3.63) is 59.5 Å². The van der Waals surface area contributed by atoms with Crippen molar-refractivity contribution in [2.75, 3.05) is 30.8 Å². The van der Waals surface area contributed by atoms with Crippen LogP contribution in [-0.2, 0) is 16.1 Å². The zero-order valence-electron chi connectivity index (χ0n) is 18.3. The highest BCUT2D eigenvalue weighted by Gasteiger charge is 2.35. The predicted octanol–water partition coefficient (Wildman–Crippen LogP) is 3.17. The molecule has 0 aliphatic carbocycles. The molecule has 2 amide bonds. The molecule has 8 heteroatoms. The molecule has 0 spiro atoms. The maximum absolute atomic E-state index is 12.6. The van der Waals surface area contributed by atoms with Crippen LogP contribution in [0.3, 0.4) is 0 Å². The number of aryl methyl sites for hydroxylation is 1. The molecule has 3 heterocycles. The van der Waals surface area contributed by atoms with Crippen LogP contribution in [-0.4, -0.2) is 47.0 Å². The fourth-order valence-electron chi connectivity index (χ4n) is 3.53. The van der Waals surface area contributed by atoms with E-state index in [1.807, 2.05) is 31.2 Å². The average molecular weight is 434 g/mol. The highest BCUT2D eigenvalue weighted by molar-refractivity contribution is 5.99. The normalized spacial score (nSPS) is 18.2. The number of fused-ring (bicyclic) bond motifs is 2. The van der Waals surface area contributed by atoms with E-state index in [0.29, 0.717) is 23.6 Å². The van der Waals surface area contributed by atoms with Crippen molar-refractivity contribution in [1.82, 2.24) is 9.88 Å². The van der Waals surface area contributed by atoms with E-state index in [9.17, 15) is 14.7 Å². The molecule has 1 aromatic carbocycles. The van der Waals surface area contributed by atoms with Crippen LogP contribution < -0.4 is 10.6 Å². The van der Waals surface area contributed by atoms with Gasteiger partial charge in [-0.1, -0.05) is 18.2 Å². The topological polar surface area (TPSA) is 108 Å². The largest absolute Gasteiger partial charge is 0.459 e. The molecule has 2 aromatic heterocycles. The van der Waals surface area contributed by atoms with Gasteiger partial charge in [0.05, 0.1) is 24.3 Å². The van der Waals surface area contributed by atoms with E-state index >= 15 is 0 Å². The van der Waals surface area contributed by atoms with E-state index in [2.05, 4.69) is 15.6 Å². The molecule has 32 heavy (non-hydrogen) atoms. The maximum atomic E-state index is 12.6. The first kappa shape index (κ1) is 21.6. The number of likely N-dealkylation sites (N-methyl/N-ethyl adjacent to an activating group) is 1. The first-order valence-corrected chi connectivity index (χ1v) is 10.4. The molecule has 1 aliphatic heterocycles. The summed E-state index contributed by atoms with van der Waals surface area (Å²) in [5, 5.41) is 16.5. The second-order valence-electron chi connectivity index (χ2n) is 8.37. The lowest BCUT2D eigenvalue weighted by Crippen LogP contribution is -2.40. The van der Waals surface area contributed by atoms with Crippen molar-refractivity contribution in [3.8, 4) is 0 Å². The van der Waals surface area contributed by atoms with E-state index < -0.39 is 5.41 Å². The smallest absolute Gasteiger partial charge is 0.246 e. The van der Waals surface area contributed by atoms with E-state index in [-0.39, 0.29) is 25.0 Å². The molecule has 0 fully saturated rings. The van der Waals surface area contributed by atoms with Crippen molar-refractivity contribution in [3.63, 3.8) is 0 Å². The van der Waals surface area contributed by atoms with Gasteiger partial charge in [0.25, 0.3) is 0 Å². The van der Waals surface area contributed by atoms with Crippen molar-refractivity contribution < 1.29 is 19.1 Å². The number of carbonyl (C=O) groups excluding carboxylic acids is 2. The summed E-state index contributed by atoms with van der Waals surface area (Å²) in [5.74, 6) is 0.691. The summed E-state index contributed by atoms with van der Waals surface area (Å²) in [6, 6.07) is 9.61. The Kier molecular flexibility index (Phi) is 5.71. The quantitative estimate of drug-likeness (QED) is 0.533. The van der Waals surface area contributed by atoms with E-state index in [0.717, 1.165) is 22.3 Å². The van der Waals surface area contributed by atoms with Gasteiger partial charge in [-0.15, -0.1) is 0 Å². The molecule has 0 saturated carbocycles. The molecule has 166 valence electrons. The molecule has 3 N–H and O–H groups in total. The lowest BCUT2D eigenvalue weighted by molar-refractivity contribution is -0.126. The minimum atomic E-state index is -0.940. The highest BCUT2D eigenvalue weighted by Crippen LogP contribution is 2.29. The van der Waals surface area contributed by atoms with Crippen LogP contribution >= 0.6 is 0 Å². The number of hydrogen-bond acceptors (Lipinski definition) is 6. The number of para-hydroxylation sites is 1. The zero-order valence-corrected chi connectivity index (χ0v) is 18.3. The number of pyridine rings is 1. The number of anilines is 2. The fourth-order valence-corrected chi connectivity index (χ4v) is 3.53. The molecule has 3 aromatic rings. The summed E-state index contributed by atoms with van der Waals surface area (Å²) in [5.41, 5.74) is 2.24. The third kappa shape index (κ3) is 4.09. The van der Waals surface area contributed by atoms with E-state index in [1.54, 1.807) is 37.2 Å². The Morgan fingerprint density at radius 3 is 2.91 bits per heavy atom. The van der Waals surface area contributed by atoms with Gasteiger partial charge in [0.15, 0.2) is 5.82 Å². The first-order valence-electron chi connectivity index (χ1n) is 10.4. The molecule has 0 radical (unpaired) electrons. The Hall–Kier alpha value is -3.65. The van der Waals surface area contributed by atoms with Crippen molar-refractivity contribution in [1.29, 1.82) is 0 Å². The maximum Gasteiger partial charge on any atom is 0.246 e. The van der Waals surface area contributed by atoms with Crippen LogP contribution in [0.25, 0.3) is 17.0 Å². The second-order valence-corrected chi connectivity index (χ2v) is 8.37. The number of aliphatic hydroxyl groups excluding tert-OH is 1. The van der Waals surface area contributed by atoms with Gasteiger partial charge in [-0.05, 0) is 37.6 Å². The number of aromatic nitrogens is 1. The zero-order chi connectivity index (χ0) is 22.9. The number of nitrogens with zero attached hydrogens (tertiary/aromatic N) is 2. The molecular weight excluding hydrogens is 408 g/mol. The van der Waals surface area contributed by atoms with Crippen molar-refractivity contribution >= 4 is 40.4 Å². The summed E-state index contributed by atoms with van der Waals surface area (Å²) in [4.78, 5) is 30.8. The van der Waals surface area contributed by atoms with Gasteiger partial charge in [0.2, 0.25) is 11.8 Å². The lowest BCUT2D eigenvalue weighted by Gasteiger charge is -2.22. The van der Waals surface area contributed by atoms with Crippen molar-refractivity contribution in [2.45, 2.75) is 20.4 Å². The Morgan fingerprint density at radius 2 is 2.16 bits per heavy atom. The van der Waals surface area contributed by atoms with E-state index in [4.69, 9.17) is 4.42 Å². The Balaban J connectivity index is 1.45. The van der Waals surface area contributed by atoms with Gasteiger partial charge in [0, 0.05) is 36.8 Å². The van der Waals surface area contributed by atoms with Crippen LogP contribution in [0.2, 0.25) is 0 Å². The molecule has 8 nitrogen and oxygen atoms in total. The standard InChI is InChI=1S/C24H26N4O4/c1-15-17-6-4-5-7-19(17)32-20(15)12-28(3)21(30)9-8-16-10-18-22(25-11-16)27-23(31)24(2,14-29)13-26-18/h4-11,26,29H,12-14H2,1-3H3,(H,25,27,31). The third-order valence-corrected chi connectivity index (χ3v) is 5.82. The molecule has 1 unspecified atom stereocenters. The number of nitrogens with one attached hydrogen (secondary N) is 2. The van der Waals surface area contributed by atoms with Gasteiger partial charge >= 0.3 is 0 Å². The van der Waals surface area contributed by atoms with Gasteiger partial charge in [0.1, 0.15) is 11.3 Å². The summed E-state index contributed by atoms with van der Waals surface area (Å²) >= 11 is 0. The fraction of sp³-hybridized carbons (Fsp3) is 0.292. The van der Waals surface area contributed by atoms with Crippen LogP contribution in [0.15, 0.2) is 47.0 Å². The number of furan rings is 1. The number of rotatable bonds is 5. The van der Waals surface area contributed by atoms with Crippen LogP contribution in [0, 0.1) is 12.3 Å². The molecule has 1 atom stereocenters. The molecular formula is C24H26N4O4. The molecule has 1 aliphatic rings. The SMILES string of the molecule is Cc1c(CN(C)C(=O)C=Cc2cnc3c(c2)NCC(C)(CO)C(=O)N3)oc2ccccc12. The van der Waals surface area contributed by atoms with Crippen molar-refractivity contribution in [2.24, 2.45) is 5.41 Å². The minimum absolute atomic E-state index is 0.172. The highest BCUT2D eigenvalue weighted by atomic mass is 16.3. The van der Waals surface area contributed by atoms with Crippen LogP contribution in [0.4, 0.5) is 11.5 Å². The van der Waals surface area contributed by atoms with Gasteiger partial charge in [-0.25, -0.2) is 4.98 Å². The Bertz CT molecular complexity index is 1220. The van der Waals surface area contributed by atoms with Crippen LogP contribution in [0.5, 0.6) is 0 Å². The summed E-state index contributed by atoms with van der Waals surface area (Å²) in [6.45, 7) is 4.03. The minimum Gasteiger partial charge on any atom is -0.459 e. The van der Waals surface area contributed by atoms with E-state index in [1.165, 1.54) is 6.08 Å². The molecule has 0 bridgehead atoms. The van der Waals surface area contributed by atoms with Gasteiger partial charge in [-0.3, -0.25) is 9.59 Å². The summed E-state index contributed by atoms with van der Waals surface area (Å²) in [7, 11) is 1.72. The summed E-state index contributed by atoms with van der Waals surface area (Å²) < 4.78 is 5.90. The second kappa shape index (κ2) is 8.47. The van der Waals surface area contributed by atoms with Crippen LogP contribution in [0.1, 0.15) is 23.8 Å². The Labute approximate surface area is 185 Å².